The molecular formula is C21H17ClN2O3S2. The van der Waals surface area contributed by atoms with Crippen LogP contribution in [0.4, 0.5) is 5.13 Å². The maximum atomic E-state index is 13.4. The smallest absolute Gasteiger partial charge is 0.260 e. The normalized spacial score (nSPS) is 11.0. The van der Waals surface area contributed by atoms with Crippen molar-refractivity contribution < 1.29 is 13.9 Å². The maximum absolute atomic E-state index is 13.4. The van der Waals surface area contributed by atoms with Crippen molar-refractivity contribution in [1.29, 1.82) is 0 Å². The molecule has 0 radical (unpaired) electrons. The first kappa shape index (κ1) is 19.8. The van der Waals surface area contributed by atoms with Gasteiger partial charge >= 0.3 is 0 Å². The lowest BCUT2D eigenvalue weighted by atomic mass is 10.2. The summed E-state index contributed by atoms with van der Waals surface area (Å²) in [6.07, 6.45) is 3.59. The van der Waals surface area contributed by atoms with Gasteiger partial charge in [-0.15, -0.1) is 11.8 Å². The lowest BCUT2D eigenvalue weighted by Gasteiger charge is -2.19. The predicted octanol–water partition coefficient (Wildman–Crippen LogP) is 6.12. The molecular weight excluding hydrogens is 428 g/mol. The molecule has 8 heteroatoms. The molecule has 0 N–H and O–H groups in total. The molecule has 0 atom stereocenters. The first-order chi connectivity index (χ1) is 14.1. The molecule has 148 valence electrons. The molecule has 4 aromatic rings. The largest absolute Gasteiger partial charge is 0.494 e. The Morgan fingerprint density at radius 2 is 2.03 bits per heavy atom. The topological polar surface area (TPSA) is 55.6 Å². The van der Waals surface area contributed by atoms with Crippen molar-refractivity contribution in [2.45, 2.75) is 11.4 Å². The number of aromatic nitrogens is 1. The standard InChI is InChI=1S/C21H17ClN2O3S2/c1-26-17-10-9-16(22)19-18(17)23-21(29-19)24(12-14-4-3-11-27-14)20(25)13-5-7-15(28-2)8-6-13/h3-11H,12H2,1-2H3. The van der Waals surface area contributed by atoms with E-state index in [1.165, 1.54) is 11.3 Å². The van der Waals surface area contributed by atoms with E-state index in [4.69, 9.17) is 20.8 Å². The lowest BCUT2D eigenvalue weighted by molar-refractivity contribution is 0.0983. The van der Waals surface area contributed by atoms with Crippen LogP contribution in [0.15, 0.2) is 64.1 Å². The van der Waals surface area contributed by atoms with Crippen LogP contribution in [-0.4, -0.2) is 24.3 Å². The summed E-state index contributed by atoms with van der Waals surface area (Å²) in [5.74, 6) is 1.11. The van der Waals surface area contributed by atoms with Gasteiger partial charge in [0, 0.05) is 10.5 Å². The minimum Gasteiger partial charge on any atom is -0.494 e. The zero-order valence-corrected chi connectivity index (χ0v) is 18.1. The molecule has 29 heavy (non-hydrogen) atoms. The highest BCUT2D eigenvalue weighted by Crippen LogP contribution is 2.39. The second kappa shape index (κ2) is 8.49. The molecule has 0 bridgehead atoms. The third-order valence-electron chi connectivity index (χ3n) is 4.37. The van der Waals surface area contributed by atoms with Crippen molar-refractivity contribution >= 4 is 56.0 Å². The highest BCUT2D eigenvalue weighted by molar-refractivity contribution is 7.98. The quantitative estimate of drug-likeness (QED) is 0.335. The molecule has 0 aliphatic heterocycles. The molecule has 0 spiro atoms. The number of anilines is 1. The molecule has 0 saturated carbocycles. The van der Waals surface area contributed by atoms with E-state index < -0.39 is 0 Å². The van der Waals surface area contributed by atoms with E-state index in [0.29, 0.717) is 32.7 Å². The highest BCUT2D eigenvalue weighted by atomic mass is 35.5. The van der Waals surface area contributed by atoms with E-state index in [9.17, 15) is 4.79 Å². The minimum absolute atomic E-state index is 0.164. The number of hydrogen-bond donors (Lipinski definition) is 0. The van der Waals surface area contributed by atoms with Crippen LogP contribution >= 0.6 is 34.7 Å². The third-order valence-corrected chi connectivity index (χ3v) is 6.66. The number of carbonyl (C=O) groups excluding carboxylic acids is 1. The van der Waals surface area contributed by atoms with E-state index in [1.54, 1.807) is 48.2 Å². The number of halogens is 1. The molecule has 0 aliphatic rings. The van der Waals surface area contributed by atoms with Crippen LogP contribution in [0, 0.1) is 0 Å². The number of amides is 1. The summed E-state index contributed by atoms with van der Waals surface area (Å²) in [6, 6.07) is 14.7. The first-order valence-electron chi connectivity index (χ1n) is 8.72. The molecule has 5 nitrogen and oxygen atoms in total. The molecule has 0 aliphatic carbocycles. The minimum atomic E-state index is -0.164. The number of fused-ring (bicyclic) bond motifs is 1. The van der Waals surface area contributed by atoms with Gasteiger partial charge in [-0.05, 0) is 54.8 Å². The maximum Gasteiger partial charge on any atom is 0.260 e. The van der Waals surface area contributed by atoms with E-state index in [2.05, 4.69) is 4.98 Å². The zero-order chi connectivity index (χ0) is 20.4. The Kier molecular flexibility index (Phi) is 5.80. The molecule has 0 saturated heterocycles. The van der Waals surface area contributed by atoms with Crippen LogP contribution in [0.1, 0.15) is 16.1 Å². The van der Waals surface area contributed by atoms with Crippen molar-refractivity contribution in [2.24, 2.45) is 0 Å². The fourth-order valence-electron chi connectivity index (χ4n) is 2.90. The number of methoxy groups -OCH3 is 1. The average molecular weight is 445 g/mol. The molecule has 2 aromatic heterocycles. The number of ether oxygens (including phenoxy) is 1. The number of hydrogen-bond acceptors (Lipinski definition) is 6. The lowest BCUT2D eigenvalue weighted by Crippen LogP contribution is -2.30. The van der Waals surface area contributed by atoms with Crippen LogP contribution < -0.4 is 9.64 Å². The summed E-state index contributed by atoms with van der Waals surface area (Å²) in [7, 11) is 1.58. The van der Waals surface area contributed by atoms with Crippen molar-refractivity contribution in [2.75, 3.05) is 18.3 Å². The Morgan fingerprint density at radius 3 is 2.69 bits per heavy atom. The monoisotopic (exact) mass is 444 g/mol. The van der Waals surface area contributed by atoms with E-state index >= 15 is 0 Å². The SMILES string of the molecule is COc1ccc(Cl)c2sc(N(Cc3ccco3)C(=O)c3ccc(SC)cc3)nc12. The molecule has 1 amide bonds. The van der Waals surface area contributed by atoms with Crippen molar-refractivity contribution in [1.82, 2.24) is 4.98 Å². The van der Waals surface area contributed by atoms with Crippen molar-refractivity contribution in [3.05, 3.63) is 71.1 Å². The fourth-order valence-corrected chi connectivity index (χ4v) is 4.56. The van der Waals surface area contributed by atoms with Crippen molar-refractivity contribution in [3.63, 3.8) is 0 Å². The van der Waals surface area contributed by atoms with Gasteiger partial charge < -0.3 is 9.15 Å². The van der Waals surface area contributed by atoms with Gasteiger partial charge in [0.15, 0.2) is 5.13 Å². The van der Waals surface area contributed by atoms with Gasteiger partial charge in [-0.25, -0.2) is 4.98 Å². The molecule has 2 aromatic carbocycles. The van der Waals surface area contributed by atoms with Crippen LogP contribution in [0.2, 0.25) is 5.02 Å². The van der Waals surface area contributed by atoms with Gasteiger partial charge in [0.2, 0.25) is 0 Å². The summed E-state index contributed by atoms with van der Waals surface area (Å²) in [4.78, 5) is 20.7. The van der Waals surface area contributed by atoms with Crippen molar-refractivity contribution in [3.8, 4) is 5.75 Å². The van der Waals surface area contributed by atoms with Crippen LogP contribution in [0.5, 0.6) is 5.75 Å². The number of nitrogens with zero attached hydrogens (tertiary/aromatic N) is 2. The number of benzene rings is 2. The van der Waals surface area contributed by atoms with Crippen LogP contribution in [0.3, 0.4) is 0 Å². The molecule has 0 fully saturated rings. The van der Waals surface area contributed by atoms with E-state index in [-0.39, 0.29) is 12.5 Å². The summed E-state index contributed by atoms with van der Waals surface area (Å²) in [6.45, 7) is 0.260. The Labute approximate surface area is 181 Å². The van der Waals surface area contributed by atoms with Crippen LogP contribution in [-0.2, 0) is 6.54 Å². The fraction of sp³-hybridized carbons (Fsp3) is 0.143. The summed E-state index contributed by atoms with van der Waals surface area (Å²) < 4.78 is 11.7. The van der Waals surface area contributed by atoms with Gasteiger partial charge in [-0.3, -0.25) is 9.69 Å². The van der Waals surface area contributed by atoms with Gasteiger partial charge in [0.25, 0.3) is 5.91 Å². The van der Waals surface area contributed by atoms with Gasteiger partial charge in [0.05, 0.1) is 29.6 Å². The number of thiazole rings is 1. The highest BCUT2D eigenvalue weighted by Gasteiger charge is 2.24. The van der Waals surface area contributed by atoms with E-state index in [0.717, 1.165) is 9.60 Å². The Balaban J connectivity index is 1.79. The Hall–Kier alpha value is -2.48. The molecule has 4 rings (SSSR count). The first-order valence-corrected chi connectivity index (χ1v) is 11.1. The van der Waals surface area contributed by atoms with E-state index in [1.807, 2.05) is 36.6 Å². The summed E-state index contributed by atoms with van der Waals surface area (Å²) >= 11 is 9.35. The number of thioether (sulfide) groups is 1. The number of furan rings is 1. The zero-order valence-electron chi connectivity index (χ0n) is 15.7. The summed E-state index contributed by atoms with van der Waals surface area (Å²) in [5.41, 5.74) is 1.21. The van der Waals surface area contributed by atoms with Gasteiger partial charge in [0.1, 0.15) is 17.0 Å². The summed E-state index contributed by atoms with van der Waals surface area (Å²) in [5, 5.41) is 1.10. The Morgan fingerprint density at radius 1 is 1.24 bits per heavy atom. The average Bonchev–Trinajstić information content (AvgIpc) is 3.42. The Bertz CT molecular complexity index is 1140. The number of carbonyl (C=O) groups is 1. The van der Waals surface area contributed by atoms with Gasteiger partial charge in [-0.2, -0.15) is 0 Å². The third kappa shape index (κ3) is 3.99. The van der Waals surface area contributed by atoms with Gasteiger partial charge in [-0.1, -0.05) is 22.9 Å². The number of rotatable bonds is 6. The van der Waals surface area contributed by atoms with Crippen LogP contribution in [0.25, 0.3) is 10.2 Å². The second-order valence-corrected chi connectivity index (χ2v) is 8.39. The predicted molar refractivity (Wildman–Crippen MR) is 119 cm³/mol. The molecule has 2 heterocycles. The second-order valence-electron chi connectivity index (χ2n) is 6.12. The molecule has 0 unspecified atom stereocenters.